The summed E-state index contributed by atoms with van der Waals surface area (Å²) in [7, 11) is 0. The lowest BCUT2D eigenvalue weighted by Gasteiger charge is -2.15. The molecule has 142 valence electrons. The summed E-state index contributed by atoms with van der Waals surface area (Å²) in [6.45, 7) is 4.23. The van der Waals surface area contributed by atoms with E-state index in [0.717, 1.165) is 42.4 Å². The van der Waals surface area contributed by atoms with Gasteiger partial charge in [-0.25, -0.2) is 4.99 Å². The Bertz CT molecular complexity index is 863. The summed E-state index contributed by atoms with van der Waals surface area (Å²) < 4.78 is 5.99. The molecule has 2 aromatic carbocycles. The zero-order valence-corrected chi connectivity index (χ0v) is 17.7. The Morgan fingerprint density at radius 1 is 1.15 bits per heavy atom. The largest absolute Gasteiger partial charge is 0.488 e. The van der Waals surface area contributed by atoms with Gasteiger partial charge in [-0.15, -0.1) is 24.0 Å². The van der Waals surface area contributed by atoms with E-state index in [1.165, 1.54) is 10.9 Å². The standard InChI is InChI=1S/C21H24N4O.HI/c1-2-22-21(23-13-17-11-15-7-3-5-9-19(15)25-17)24-14-18-12-16-8-4-6-10-20(16)26-18;/h3-11,18,25H,2,12-14H2,1H3,(H2,22,23,24);1H. The molecule has 0 spiro atoms. The molecule has 3 N–H and O–H groups in total. The van der Waals surface area contributed by atoms with E-state index in [-0.39, 0.29) is 30.1 Å². The molecule has 1 aromatic heterocycles. The molecule has 0 saturated carbocycles. The van der Waals surface area contributed by atoms with Crippen LogP contribution in [0.3, 0.4) is 0 Å². The average molecular weight is 476 g/mol. The number of H-pyrrole nitrogens is 1. The van der Waals surface area contributed by atoms with Crippen molar-refractivity contribution in [2.24, 2.45) is 4.99 Å². The van der Waals surface area contributed by atoms with Gasteiger partial charge in [0.25, 0.3) is 0 Å². The Morgan fingerprint density at radius 3 is 2.78 bits per heavy atom. The molecule has 5 nitrogen and oxygen atoms in total. The normalized spacial score (nSPS) is 15.7. The maximum Gasteiger partial charge on any atom is 0.191 e. The lowest BCUT2D eigenvalue weighted by molar-refractivity contribution is 0.235. The maximum atomic E-state index is 5.99. The number of halogens is 1. The van der Waals surface area contributed by atoms with Crippen LogP contribution in [0.1, 0.15) is 18.2 Å². The molecule has 0 amide bonds. The summed E-state index contributed by atoms with van der Waals surface area (Å²) in [5.41, 5.74) is 3.53. The van der Waals surface area contributed by atoms with Crippen molar-refractivity contribution >= 4 is 40.8 Å². The van der Waals surface area contributed by atoms with Crippen LogP contribution in [0.25, 0.3) is 10.9 Å². The molecule has 1 aliphatic rings. The molecule has 0 bridgehead atoms. The number of rotatable bonds is 5. The Balaban J connectivity index is 0.00000210. The number of para-hydroxylation sites is 2. The van der Waals surface area contributed by atoms with Gasteiger partial charge in [0.05, 0.1) is 13.1 Å². The van der Waals surface area contributed by atoms with Crippen LogP contribution >= 0.6 is 24.0 Å². The Hall–Kier alpha value is -2.22. The Kier molecular flexibility index (Phi) is 6.60. The highest BCUT2D eigenvalue weighted by Crippen LogP contribution is 2.27. The number of guanidine groups is 1. The number of hydrogen-bond acceptors (Lipinski definition) is 2. The first-order chi connectivity index (χ1) is 12.8. The number of ether oxygens (including phenoxy) is 1. The van der Waals surface area contributed by atoms with Gasteiger partial charge in [-0.3, -0.25) is 0 Å². The van der Waals surface area contributed by atoms with Crippen LogP contribution in [0.4, 0.5) is 0 Å². The van der Waals surface area contributed by atoms with Gasteiger partial charge in [0, 0.05) is 24.2 Å². The number of nitrogens with zero attached hydrogens (tertiary/aromatic N) is 1. The van der Waals surface area contributed by atoms with E-state index in [2.05, 4.69) is 58.9 Å². The van der Waals surface area contributed by atoms with Gasteiger partial charge in [-0.1, -0.05) is 36.4 Å². The molecule has 0 aliphatic carbocycles. The highest BCUT2D eigenvalue weighted by atomic mass is 127. The molecule has 6 heteroatoms. The van der Waals surface area contributed by atoms with E-state index >= 15 is 0 Å². The van der Waals surface area contributed by atoms with Crippen molar-refractivity contribution in [2.75, 3.05) is 13.1 Å². The number of aliphatic imine (C=N–C) groups is 1. The van der Waals surface area contributed by atoms with Gasteiger partial charge in [-0.2, -0.15) is 0 Å². The van der Waals surface area contributed by atoms with E-state index in [1.54, 1.807) is 0 Å². The second-order valence-electron chi connectivity index (χ2n) is 6.51. The molecule has 2 heterocycles. The fraction of sp³-hybridized carbons (Fsp3) is 0.286. The predicted molar refractivity (Wildman–Crippen MR) is 121 cm³/mol. The summed E-state index contributed by atoms with van der Waals surface area (Å²) in [6.07, 6.45) is 1.08. The quantitative estimate of drug-likeness (QED) is 0.298. The van der Waals surface area contributed by atoms with Crippen LogP contribution in [0, 0.1) is 0 Å². The topological polar surface area (TPSA) is 61.4 Å². The molecule has 0 radical (unpaired) electrons. The minimum atomic E-state index is 0. The smallest absolute Gasteiger partial charge is 0.191 e. The molecule has 1 atom stereocenters. The molecule has 0 saturated heterocycles. The molecular formula is C21H25IN4O. The van der Waals surface area contributed by atoms with Crippen LogP contribution in [0.15, 0.2) is 59.6 Å². The highest BCUT2D eigenvalue weighted by molar-refractivity contribution is 14.0. The van der Waals surface area contributed by atoms with Crippen molar-refractivity contribution in [3.8, 4) is 5.75 Å². The second-order valence-corrected chi connectivity index (χ2v) is 6.51. The van der Waals surface area contributed by atoms with E-state index < -0.39 is 0 Å². The fourth-order valence-electron chi connectivity index (χ4n) is 3.30. The van der Waals surface area contributed by atoms with Crippen LogP contribution in [0.2, 0.25) is 0 Å². The van der Waals surface area contributed by atoms with Crippen molar-refractivity contribution in [1.29, 1.82) is 0 Å². The van der Waals surface area contributed by atoms with E-state index in [1.807, 2.05) is 18.2 Å². The van der Waals surface area contributed by atoms with Crippen LogP contribution in [-0.2, 0) is 13.0 Å². The third kappa shape index (κ3) is 4.74. The zero-order chi connectivity index (χ0) is 17.8. The maximum absolute atomic E-state index is 5.99. The second kappa shape index (κ2) is 9.12. The summed E-state index contributed by atoms with van der Waals surface area (Å²) in [5, 5.41) is 7.92. The summed E-state index contributed by atoms with van der Waals surface area (Å²) in [4.78, 5) is 8.11. The van der Waals surface area contributed by atoms with Gasteiger partial charge in [-0.05, 0) is 36.1 Å². The zero-order valence-electron chi connectivity index (χ0n) is 15.4. The van der Waals surface area contributed by atoms with Crippen molar-refractivity contribution in [2.45, 2.75) is 26.0 Å². The molecule has 0 fully saturated rings. The van der Waals surface area contributed by atoms with Crippen molar-refractivity contribution in [3.05, 3.63) is 65.9 Å². The SMILES string of the molecule is CCNC(=NCc1cc2ccccc2[nH]1)NCC1Cc2ccccc2O1.I. The summed E-state index contributed by atoms with van der Waals surface area (Å²) in [6, 6.07) is 18.7. The molecular weight excluding hydrogens is 451 g/mol. The minimum Gasteiger partial charge on any atom is -0.488 e. The van der Waals surface area contributed by atoms with E-state index in [9.17, 15) is 0 Å². The lowest BCUT2D eigenvalue weighted by atomic mass is 10.1. The van der Waals surface area contributed by atoms with E-state index in [0.29, 0.717) is 6.54 Å². The first-order valence-corrected chi connectivity index (χ1v) is 9.15. The summed E-state index contributed by atoms with van der Waals surface area (Å²) >= 11 is 0. The van der Waals surface area contributed by atoms with Gasteiger partial charge in [0.15, 0.2) is 5.96 Å². The van der Waals surface area contributed by atoms with Crippen molar-refractivity contribution < 1.29 is 4.74 Å². The highest BCUT2D eigenvalue weighted by Gasteiger charge is 2.22. The number of fused-ring (bicyclic) bond motifs is 2. The van der Waals surface area contributed by atoms with Crippen LogP contribution in [-0.4, -0.2) is 30.1 Å². The monoisotopic (exact) mass is 476 g/mol. The molecule has 1 unspecified atom stereocenters. The predicted octanol–water partition coefficient (Wildman–Crippen LogP) is 3.84. The first-order valence-electron chi connectivity index (χ1n) is 9.15. The van der Waals surface area contributed by atoms with Crippen molar-refractivity contribution in [3.63, 3.8) is 0 Å². The first kappa shape index (κ1) is 19.5. The number of benzene rings is 2. The number of aromatic amines is 1. The average Bonchev–Trinajstić information content (AvgIpc) is 3.27. The third-order valence-electron chi connectivity index (χ3n) is 4.55. The summed E-state index contributed by atoms with van der Waals surface area (Å²) in [5.74, 6) is 1.81. The minimum absolute atomic E-state index is 0. The van der Waals surface area contributed by atoms with Crippen LogP contribution in [0.5, 0.6) is 5.75 Å². The Morgan fingerprint density at radius 2 is 1.96 bits per heavy atom. The van der Waals surface area contributed by atoms with Gasteiger partial charge in [0.2, 0.25) is 0 Å². The lowest BCUT2D eigenvalue weighted by Crippen LogP contribution is -2.42. The van der Waals surface area contributed by atoms with Crippen molar-refractivity contribution in [1.82, 2.24) is 15.6 Å². The van der Waals surface area contributed by atoms with E-state index in [4.69, 9.17) is 9.73 Å². The van der Waals surface area contributed by atoms with Gasteiger partial charge >= 0.3 is 0 Å². The van der Waals surface area contributed by atoms with Gasteiger partial charge in [0.1, 0.15) is 11.9 Å². The molecule has 4 rings (SSSR count). The molecule has 3 aromatic rings. The molecule has 1 aliphatic heterocycles. The Labute approximate surface area is 176 Å². The number of nitrogens with one attached hydrogen (secondary N) is 3. The fourth-order valence-corrected chi connectivity index (χ4v) is 3.30. The number of hydrogen-bond donors (Lipinski definition) is 3. The molecule has 27 heavy (non-hydrogen) atoms. The third-order valence-corrected chi connectivity index (χ3v) is 4.55. The van der Waals surface area contributed by atoms with Gasteiger partial charge < -0.3 is 20.4 Å². The van der Waals surface area contributed by atoms with Crippen LogP contribution < -0.4 is 15.4 Å². The number of aromatic nitrogens is 1.